The molecule has 3 atom stereocenters. The van der Waals surface area contributed by atoms with E-state index in [0.29, 0.717) is 23.8 Å². The van der Waals surface area contributed by atoms with E-state index in [4.69, 9.17) is 0 Å². The molecule has 6 nitrogen and oxygen atoms in total. The van der Waals surface area contributed by atoms with E-state index in [1.807, 2.05) is 47.4 Å². The van der Waals surface area contributed by atoms with Crippen LogP contribution in [0.5, 0.6) is 0 Å². The number of fused-ring (bicyclic) bond motifs is 1. The molecule has 3 heterocycles. The number of rotatable bonds is 5. The third-order valence-corrected chi connectivity index (χ3v) is 6.43. The van der Waals surface area contributed by atoms with Crippen molar-refractivity contribution in [1.29, 1.82) is 0 Å². The minimum Gasteiger partial charge on any atom is -0.341 e. The number of amides is 2. The third-order valence-electron chi connectivity index (χ3n) is 5.89. The molecule has 148 valence electrons. The molecule has 0 saturated carbocycles. The Morgan fingerprint density at radius 2 is 1.96 bits per heavy atom. The van der Waals surface area contributed by atoms with Crippen molar-refractivity contribution in [2.75, 3.05) is 31.6 Å². The van der Waals surface area contributed by atoms with Gasteiger partial charge in [-0.15, -0.1) is 0 Å². The zero-order valence-corrected chi connectivity index (χ0v) is 17.1. The van der Waals surface area contributed by atoms with Gasteiger partial charge in [-0.1, -0.05) is 30.3 Å². The van der Waals surface area contributed by atoms with Gasteiger partial charge < -0.3 is 9.80 Å². The average molecular weight is 399 g/mol. The molecule has 4 rings (SSSR count). The first-order chi connectivity index (χ1) is 13.6. The van der Waals surface area contributed by atoms with Crippen molar-refractivity contribution in [2.45, 2.75) is 19.5 Å². The highest BCUT2D eigenvalue weighted by Crippen LogP contribution is 2.45. The number of hydrogen-bond donors (Lipinski definition) is 0. The molecule has 2 aliphatic heterocycles. The van der Waals surface area contributed by atoms with Gasteiger partial charge >= 0.3 is 0 Å². The molecule has 2 amide bonds. The lowest BCUT2D eigenvalue weighted by Crippen LogP contribution is -2.38. The van der Waals surface area contributed by atoms with Gasteiger partial charge in [0.05, 0.1) is 23.6 Å². The van der Waals surface area contributed by atoms with Crippen LogP contribution < -0.4 is 0 Å². The van der Waals surface area contributed by atoms with Crippen molar-refractivity contribution < 1.29 is 9.59 Å². The van der Waals surface area contributed by atoms with Crippen LogP contribution in [0.2, 0.25) is 0 Å². The minimum atomic E-state index is -0.00393. The molecular formula is C21H26N4O2S. The summed E-state index contributed by atoms with van der Waals surface area (Å²) in [5.41, 5.74) is 1.78. The summed E-state index contributed by atoms with van der Waals surface area (Å²) in [4.78, 5) is 29.7. The van der Waals surface area contributed by atoms with Crippen LogP contribution in [0.3, 0.4) is 0 Å². The van der Waals surface area contributed by atoms with E-state index >= 15 is 0 Å². The van der Waals surface area contributed by atoms with Crippen LogP contribution in [0.15, 0.2) is 42.7 Å². The molecule has 2 fully saturated rings. The predicted octanol–water partition coefficient (Wildman–Crippen LogP) is 2.54. The highest BCUT2D eigenvalue weighted by molar-refractivity contribution is 7.99. The first-order valence-corrected chi connectivity index (χ1v) is 11.2. The van der Waals surface area contributed by atoms with E-state index in [2.05, 4.69) is 17.2 Å². The maximum absolute atomic E-state index is 13.3. The van der Waals surface area contributed by atoms with Crippen molar-refractivity contribution in [3.63, 3.8) is 0 Å². The molecule has 2 aromatic rings. The minimum absolute atomic E-state index is 0.00393. The second kappa shape index (κ2) is 7.99. The highest BCUT2D eigenvalue weighted by atomic mass is 32.2. The number of aryl methyl sites for hydroxylation is 1. The van der Waals surface area contributed by atoms with Gasteiger partial charge in [0.1, 0.15) is 0 Å². The van der Waals surface area contributed by atoms with Gasteiger partial charge in [0.15, 0.2) is 0 Å². The summed E-state index contributed by atoms with van der Waals surface area (Å²) in [6.07, 6.45) is 5.45. The summed E-state index contributed by atoms with van der Waals surface area (Å²) in [5.74, 6) is 1.36. The maximum atomic E-state index is 13.3. The molecule has 0 unspecified atom stereocenters. The molecule has 0 aliphatic carbocycles. The van der Waals surface area contributed by atoms with E-state index in [-0.39, 0.29) is 23.8 Å². The number of hydrogen-bond acceptors (Lipinski definition) is 4. The summed E-state index contributed by atoms with van der Waals surface area (Å²) in [5, 5.41) is 4.27. The van der Waals surface area contributed by atoms with Crippen molar-refractivity contribution in [2.24, 2.45) is 11.8 Å². The van der Waals surface area contributed by atoms with Crippen LogP contribution in [0.1, 0.15) is 28.9 Å². The number of thioether (sulfide) groups is 1. The largest absolute Gasteiger partial charge is 0.341 e. The smallest absolute Gasteiger partial charge is 0.257 e. The molecule has 2 saturated heterocycles. The molecule has 2 aliphatic rings. The Hall–Kier alpha value is -2.28. The van der Waals surface area contributed by atoms with Crippen LogP contribution in [-0.4, -0.2) is 63.0 Å². The van der Waals surface area contributed by atoms with Crippen LogP contribution >= 0.6 is 11.8 Å². The summed E-state index contributed by atoms with van der Waals surface area (Å²) in [6.45, 7) is 4.90. The Morgan fingerprint density at radius 1 is 1.18 bits per heavy atom. The van der Waals surface area contributed by atoms with Crippen LogP contribution in [0.25, 0.3) is 0 Å². The Labute approximate surface area is 169 Å². The monoisotopic (exact) mass is 398 g/mol. The van der Waals surface area contributed by atoms with Crippen molar-refractivity contribution in [3.05, 3.63) is 53.9 Å². The lowest BCUT2D eigenvalue weighted by atomic mass is 9.89. The molecule has 0 spiro atoms. The van der Waals surface area contributed by atoms with Crippen LogP contribution in [0, 0.1) is 11.8 Å². The number of aromatic nitrogens is 2. The molecule has 1 aromatic heterocycles. The fourth-order valence-electron chi connectivity index (χ4n) is 4.56. The summed E-state index contributed by atoms with van der Waals surface area (Å²) < 4.78 is 1.78. The van der Waals surface area contributed by atoms with Crippen LogP contribution in [0.4, 0.5) is 0 Å². The lowest BCUT2D eigenvalue weighted by Gasteiger charge is -2.29. The second-order valence-electron chi connectivity index (χ2n) is 7.55. The van der Waals surface area contributed by atoms with E-state index in [1.165, 1.54) is 0 Å². The number of benzene rings is 1. The van der Waals surface area contributed by atoms with Gasteiger partial charge in [0.2, 0.25) is 5.91 Å². The normalized spacial score (nSPS) is 23.9. The number of carbonyl (C=O) groups is 2. The van der Waals surface area contributed by atoms with Gasteiger partial charge in [0.25, 0.3) is 5.91 Å². The standard InChI is InChI=1S/C21H26N4O2S/c1-3-24-11-16(9-22-24)21(27)25-12-17-10-23(19(26)14-28-2)13-18(17)20(25)15-7-5-4-6-8-15/h4-9,11,17-18,20H,3,10,12-14H2,1-2H3/t17-,18-,20+/m0/s1. The predicted molar refractivity (Wildman–Crippen MR) is 110 cm³/mol. The molecule has 0 N–H and O–H groups in total. The fourth-order valence-corrected chi connectivity index (χ4v) is 4.99. The van der Waals surface area contributed by atoms with Gasteiger partial charge in [-0.2, -0.15) is 16.9 Å². The third kappa shape index (κ3) is 3.43. The topological polar surface area (TPSA) is 58.4 Å². The first kappa shape index (κ1) is 19.1. The zero-order valence-electron chi connectivity index (χ0n) is 16.3. The molecule has 28 heavy (non-hydrogen) atoms. The van der Waals surface area contributed by atoms with Gasteiger partial charge in [0, 0.05) is 44.2 Å². The number of nitrogens with zero attached hydrogens (tertiary/aromatic N) is 4. The molecule has 0 bridgehead atoms. The molecular weight excluding hydrogens is 372 g/mol. The Kier molecular flexibility index (Phi) is 5.44. The highest BCUT2D eigenvalue weighted by Gasteiger charge is 2.50. The molecule has 7 heteroatoms. The first-order valence-electron chi connectivity index (χ1n) is 9.77. The van der Waals surface area contributed by atoms with Crippen molar-refractivity contribution >= 4 is 23.6 Å². The van der Waals surface area contributed by atoms with E-state index in [1.54, 1.807) is 22.6 Å². The Balaban J connectivity index is 1.61. The Bertz CT molecular complexity index is 853. The fraction of sp³-hybridized carbons (Fsp3) is 0.476. The van der Waals surface area contributed by atoms with E-state index < -0.39 is 0 Å². The van der Waals surface area contributed by atoms with Gasteiger partial charge in [-0.3, -0.25) is 14.3 Å². The second-order valence-corrected chi connectivity index (χ2v) is 8.42. The van der Waals surface area contributed by atoms with Crippen molar-refractivity contribution in [1.82, 2.24) is 19.6 Å². The molecule has 1 aromatic carbocycles. The van der Waals surface area contributed by atoms with Gasteiger partial charge in [-0.05, 0) is 18.7 Å². The summed E-state index contributed by atoms with van der Waals surface area (Å²) in [7, 11) is 0. The van der Waals surface area contributed by atoms with E-state index in [9.17, 15) is 9.59 Å². The molecule has 0 radical (unpaired) electrons. The van der Waals surface area contributed by atoms with E-state index in [0.717, 1.165) is 25.2 Å². The summed E-state index contributed by atoms with van der Waals surface area (Å²) >= 11 is 1.56. The number of carbonyl (C=O) groups excluding carboxylic acids is 2. The Morgan fingerprint density at radius 3 is 2.64 bits per heavy atom. The summed E-state index contributed by atoms with van der Waals surface area (Å²) in [6, 6.07) is 10.2. The average Bonchev–Trinajstić information content (AvgIpc) is 3.42. The SMILES string of the molecule is CCn1cc(C(=O)N2C[C@@H]3CN(C(=O)CSC)C[C@@H]3[C@H]2c2ccccc2)cn1. The maximum Gasteiger partial charge on any atom is 0.257 e. The zero-order chi connectivity index (χ0) is 19.7. The van der Waals surface area contributed by atoms with Gasteiger partial charge in [-0.25, -0.2) is 0 Å². The number of likely N-dealkylation sites (tertiary alicyclic amines) is 2. The lowest BCUT2D eigenvalue weighted by molar-refractivity contribution is -0.127. The van der Waals surface area contributed by atoms with Crippen LogP contribution in [-0.2, 0) is 11.3 Å². The van der Waals surface area contributed by atoms with Crippen molar-refractivity contribution in [3.8, 4) is 0 Å². The quantitative estimate of drug-likeness (QED) is 0.777.